The Kier molecular flexibility index (Phi) is 2.07. The third-order valence-electron chi connectivity index (χ3n) is 2.62. The fourth-order valence-electron chi connectivity index (χ4n) is 1.95. The number of rotatable bonds is 1. The molecule has 0 bridgehead atoms. The molecule has 0 saturated heterocycles. The van der Waals surface area contributed by atoms with Gasteiger partial charge in [-0.05, 0) is 32.0 Å². The molecule has 0 spiro atoms. The Bertz CT molecular complexity index is 563. The molecule has 15 heavy (non-hydrogen) atoms. The van der Waals surface area contributed by atoms with Crippen molar-refractivity contribution in [2.24, 2.45) is 7.05 Å². The van der Waals surface area contributed by atoms with E-state index in [4.69, 9.17) is 5.73 Å². The molecule has 0 aliphatic carbocycles. The Balaban J connectivity index is 2.92. The summed E-state index contributed by atoms with van der Waals surface area (Å²) in [5, 5.41) is 0.723. The van der Waals surface area contributed by atoms with Crippen LogP contribution in [0, 0.1) is 0 Å². The van der Waals surface area contributed by atoms with Crippen molar-refractivity contribution in [3.8, 4) is 0 Å². The number of aryl methyl sites for hydroxylation is 1. The zero-order chi connectivity index (χ0) is 11.2. The first kappa shape index (κ1) is 9.83. The first-order valence-corrected chi connectivity index (χ1v) is 4.99. The van der Waals surface area contributed by atoms with Gasteiger partial charge in [0.2, 0.25) is 0 Å². The lowest BCUT2D eigenvalue weighted by Crippen LogP contribution is -2.23. The van der Waals surface area contributed by atoms with Crippen molar-refractivity contribution in [2.75, 3.05) is 5.73 Å². The Morgan fingerprint density at radius 3 is 2.60 bits per heavy atom. The van der Waals surface area contributed by atoms with Gasteiger partial charge in [-0.25, -0.2) is 4.68 Å². The quantitative estimate of drug-likeness (QED) is 0.717. The Hall–Kier alpha value is -1.71. The molecule has 1 aromatic carbocycles. The van der Waals surface area contributed by atoms with Crippen LogP contribution < -0.4 is 11.3 Å². The van der Waals surface area contributed by atoms with E-state index in [1.807, 2.05) is 31.6 Å². The highest BCUT2D eigenvalue weighted by Gasteiger charge is 2.12. The van der Waals surface area contributed by atoms with Crippen LogP contribution in [0.3, 0.4) is 0 Å². The first-order chi connectivity index (χ1) is 7.02. The second kappa shape index (κ2) is 3.15. The summed E-state index contributed by atoms with van der Waals surface area (Å²) in [6, 6.07) is 5.52. The SMILES string of the molecule is CC(C)n1c(=O)c2ccc(N)cc2n1C. The van der Waals surface area contributed by atoms with Crippen LogP contribution in [0.2, 0.25) is 0 Å². The van der Waals surface area contributed by atoms with Crippen LogP contribution in [0.25, 0.3) is 10.9 Å². The molecule has 0 aliphatic heterocycles. The molecule has 2 rings (SSSR count). The summed E-state index contributed by atoms with van der Waals surface area (Å²) in [6.45, 7) is 3.98. The van der Waals surface area contributed by atoms with Crippen LogP contribution in [0.4, 0.5) is 5.69 Å². The van der Waals surface area contributed by atoms with Gasteiger partial charge in [0.1, 0.15) is 0 Å². The maximum Gasteiger partial charge on any atom is 0.274 e. The van der Waals surface area contributed by atoms with Crippen LogP contribution in [0.1, 0.15) is 19.9 Å². The largest absolute Gasteiger partial charge is 0.399 e. The van der Waals surface area contributed by atoms with Gasteiger partial charge in [-0.1, -0.05) is 0 Å². The monoisotopic (exact) mass is 205 g/mol. The van der Waals surface area contributed by atoms with E-state index in [9.17, 15) is 4.79 Å². The topological polar surface area (TPSA) is 52.9 Å². The fourth-order valence-corrected chi connectivity index (χ4v) is 1.95. The minimum Gasteiger partial charge on any atom is -0.399 e. The summed E-state index contributed by atoms with van der Waals surface area (Å²) in [7, 11) is 1.88. The van der Waals surface area contributed by atoms with E-state index in [0.29, 0.717) is 5.69 Å². The molecule has 0 unspecified atom stereocenters. The minimum absolute atomic E-state index is 0.0440. The van der Waals surface area contributed by atoms with Gasteiger partial charge in [0.15, 0.2) is 0 Å². The molecular weight excluding hydrogens is 190 g/mol. The molecule has 0 saturated carbocycles. The summed E-state index contributed by atoms with van der Waals surface area (Å²) in [5.74, 6) is 0. The Morgan fingerprint density at radius 1 is 1.33 bits per heavy atom. The van der Waals surface area contributed by atoms with Crippen LogP contribution in [-0.4, -0.2) is 9.36 Å². The average molecular weight is 205 g/mol. The number of nitrogen functional groups attached to an aromatic ring is 1. The van der Waals surface area contributed by atoms with E-state index in [1.54, 1.807) is 16.8 Å². The van der Waals surface area contributed by atoms with E-state index in [0.717, 1.165) is 10.9 Å². The number of aromatic nitrogens is 2. The molecule has 2 aromatic rings. The number of fused-ring (bicyclic) bond motifs is 1. The van der Waals surface area contributed by atoms with Gasteiger partial charge in [-0.2, -0.15) is 0 Å². The summed E-state index contributed by atoms with van der Waals surface area (Å²) in [4.78, 5) is 12.0. The predicted molar refractivity (Wildman–Crippen MR) is 62.0 cm³/mol. The van der Waals surface area contributed by atoms with Crippen molar-refractivity contribution in [1.29, 1.82) is 0 Å². The van der Waals surface area contributed by atoms with Gasteiger partial charge in [-0.15, -0.1) is 0 Å². The summed E-state index contributed by atoms with van der Waals surface area (Å²) < 4.78 is 3.59. The normalized spacial score (nSPS) is 11.5. The van der Waals surface area contributed by atoms with Crippen molar-refractivity contribution in [3.05, 3.63) is 28.6 Å². The van der Waals surface area contributed by atoms with Gasteiger partial charge in [-0.3, -0.25) is 9.48 Å². The van der Waals surface area contributed by atoms with E-state index >= 15 is 0 Å². The first-order valence-electron chi connectivity index (χ1n) is 4.99. The second-order valence-electron chi connectivity index (χ2n) is 4.04. The number of benzene rings is 1. The van der Waals surface area contributed by atoms with E-state index in [-0.39, 0.29) is 11.6 Å². The van der Waals surface area contributed by atoms with Gasteiger partial charge in [0.05, 0.1) is 10.9 Å². The van der Waals surface area contributed by atoms with Crippen molar-refractivity contribution in [1.82, 2.24) is 9.36 Å². The maximum atomic E-state index is 12.0. The van der Waals surface area contributed by atoms with E-state index in [2.05, 4.69) is 0 Å². The predicted octanol–water partition coefficient (Wildman–Crippen LogP) is 1.50. The fraction of sp³-hybridized carbons (Fsp3) is 0.364. The lowest BCUT2D eigenvalue weighted by Gasteiger charge is -2.10. The molecule has 4 nitrogen and oxygen atoms in total. The Labute approximate surface area is 87.9 Å². The van der Waals surface area contributed by atoms with Crippen LogP contribution >= 0.6 is 0 Å². The van der Waals surface area contributed by atoms with Crippen molar-refractivity contribution < 1.29 is 0 Å². The number of anilines is 1. The molecule has 0 amide bonds. The van der Waals surface area contributed by atoms with Crippen molar-refractivity contribution in [2.45, 2.75) is 19.9 Å². The van der Waals surface area contributed by atoms with Crippen LogP contribution in [0.15, 0.2) is 23.0 Å². The van der Waals surface area contributed by atoms with E-state index in [1.165, 1.54) is 0 Å². The van der Waals surface area contributed by atoms with E-state index < -0.39 is 0 Å². The van der Waals surface area contributed by atoms with Crippen molar-refractivity contribution >= 4 is 16.6 Å². The molecule has 0 fully saturated rings. The van der Waals surface area contributed by atoms with Crippen LogP contribution in [-0.2, 0) is 7.05 Å². The second-order valence-corrected chi connectivity index (χ2v) is 4.04. The molecule has 1 aromatic heterocycles. The zero-order valence-electron chi connectivity index (χ0n) is 9.19. The molecule has 2 N–H and O–H groups in total. The van der Waals surface area contributed by atoms with Gasteiger partial charge < -0.3 is 5.73 Å². The number of nitrogens with zero attached hydrogens (tertiary/aromatic N) is 2. The zero-order valence-corrected chi connectivity index (χ0v) is 9.19. The molecule has 0 radical (unpaired) electrons. The molecule has 0 atom stereocenters. The highest BCUT2D eigenvalue weighted by atomic mass is 16.1. The minimum atomic E-state index is 0.0440. The van der Waals surface area contributed by atoms with Crippen molar-refractivity contribution in [3.63, 3.8) is 0 Å². The number of hydrogen-bond donors (Lipinski definition) is 1. The Morgan fingerprint density at radius 2 is 2.00 bits per heavy atom. The summed E-state index contributed by atoms with van der Waals surface area (Å²) >= 11 is 0. The molecular formula is C11H15N3O. The number of nitrogens with two attached hydrogens (primary N) is 1. The van der Waals surface area contributed by atoms with Crippen LogP contribution in [0.5, 0.6) is 0 Å². The summed E-state index contributed by atoms with van der Waals surface area (Å²) in [6.07, 6.45) is 0. The maximum absolute atomic E-state index is 12.0. The lowest BCUT2D eigenvalue weighted by molar-refractivity contribution is 0.447. The molecule has 1 heterocycles. The lowest BCUT2D eigenvalue weighted by atomic mass is 10.2. The third kappa shape index (κ3) is 1.33. The average Bonchev–Trinajstić information content (AvgIpc) is 2.39. The number of hydrogen-bond acceptors (Lipinski definition) is 2. The highest BCUT2D eigenvalue weighted by Crippen LogP contribution is 2.16. The standard InChI is InChI=1S/C11H15N3O/c1-7(2)14-11(15)9-5-4-8(12)6-10(9)13(14)3/h4-7H,12H2,1-3H3. The summed E-state index contributed by atoms with van der Waals surface area (Å²) in [5.41, 5.74) is 7.31. The van der Waals surface area contributed by atoms with Gasteiger partial charge >= 0.3 is 0 Å². The third-order valence-corrected chi connectivity index (χ3v) is 2.62. The molecule has 0 aliphatic rings. The van der Waals surface area contributed by atoms with Gasteiger partial charge in [0.25, 0.3) is 5.56 Å². The molecule has 80 valence electrons. The smallest absolute Gasteiger partial charge is 0.274 e. The molecule has 4 heteroatoms. The highest BCUT2D eigenvalue weighted by molar-refractivity contribution is 5.81. The van der Waals surface area contributed by atoms with Gasteiger partial charge in [0, 0.05) is 18.8 Å².